The van der Waals surface area contributed by atoms with E-state index in [4.69, 9.17) is 16.3 Å². The Balaban J connectivity index is 1.57. The third-order valence-corrected chi connectivity index (χ3v) is 6.82. The molecule has 0 amide bonds. The van der Waals surface area contributed by atoms with Crippen molar-refractivity contribution < 1.29 is 13.2 Å². The van der Waals surface area contributed by atoms with Crippen LogP contribution in [0.1, 0.15) is 0 Å². The lowest BCUT2D eigenvalue weighted by Crippen LogP contribution is -2.47. The van der Waals surface area contributed by atoms with E-state index < -0.39 is 10.0 Å². The molecule has 0 bridgehead atoms. The summed E-state index contributed by atoms with van der Waals surface area (Å²) in [6.45, 7) is 3.53. The molecule has 0 atom stereocenters. The van der Waals surface area contributed by atoms with E-state index in [0.717, 1.165) is 13.1 Å². The Morgan fingerprint density at radius 1 is 1.18 bits per heavy atom. The summed E-state index contributed by atoms with van der Waals surface area (Å²) in [5, 5.41) is 0.629. The Hall–Kier alpha value is -1.87. The lowest BCUT2D eigenvalue weighted by Gasteiger charge is -2.31. The van der Waals surface area contributed by atoms with Crippen molar-refractivity contribution in [2.45, 2.75) is 4.90 Å². The van der Waals surface area contributed by atoms with Crippen molar-refractivity contribution in [3.05, 3.63) is 47.6 Å². The van der Waals surface area contributed by atoms with Crippen molar-refractivity contribution in [1.82, 2.24) is 14.2 Å². The number of anilines is 1. The second kappa shape index (κ2) is 9.09. The van der Waals surface area contributed by atoms with Crippen molar-refractivity contribution in [2.75, 3.05) is 58.3 Å². The van der Waals surface area contributed by atoms with Gasteiger partial charge in [-0.15, -0.1) is 0 Å². The number of rotatable bonds is 7. The zero-order valence-corrected chi connectivity index (χ0v) is 17.7. The third-order valence-electron chi connectivity index (χ3n) is 4.70. The van der Waals surface area contributed by atoms with E-state index in [1.807, 2.05) is 31.1 Å². The molecule has 9 heteroatoms. The van der Waals surface area contributed by atoms with Gasteiger partial charge in [-0.05, 0) is 37.4 Å². The predicted molar refractivity (Wildman–Crippen MR) is 111 cm³/mol. The first-order valence-electron chi connectivity index (χ1n) is 9.10. The largest absolute Gasteiger partial charge is 0.492 e. The highest BCUT2D eigenvalue weighted by molar-refractivity contribution is 7.89. The number of pyridine rings is 1. The number of piperazine rings is 1. The molecule has 0 aliphatic carbocycles. The molecule has 0 spiro atoms. The summed E-state index contributed by atoms with van der Waals surface area (Å²) in [5.41, 5.74) is 0. The van der Waals surface area contributed by atoms with Crippen LogP contribution in [0.4, 0.5) is 5.82 Å². The number of nitrogens with zero attached hydrogens (tertiary/aromatic N) is 4. The topological polar surface area (TPSA) is 66.0 Å². The minimum absolute atomic E-state index is 0.226. The van der Waals surface area contributed by atoms with Crippen LogP contribution in [-0.2, 0) is 10.0 Å². The van der Waals surface area contributed by atoms with Gasteiger partial charge in [0.1, 0.15) is 23.1 Å². The summed E-state index contributed by atoms with van der Waals surface area (Å²) < 4.78 is 32.7. The Bertz CT molecular complexity index is 884. The zero-order chi connectivity index (χ0) is 20.1. The predicted octanol–water partition coefficient (Wildman–Crippen LogP) is 2.19. The number of halogens is 1. The van der Waals surface area contributed by atoms with E-state index in [0.29, 0.717) is 42.8 Å². The van der Waals surface area contributed by atoms with Gasteiger partial charge in [0.05, 0.1) is 6.54 Å². The molecule has 1 aromatic carbocycles. The number of ether oxygens (including phenoxy) is 1. The molecule has 7 nitrogen and oxygen atoms in total. The van der Waals surface area contributed by atoms with E-state index in [1.165, 1.54) is 10.5 Å². The van der Waals surface area contributed by atoms with Crippen LogP contribution in [0.25, 0.3) is 0 Å². The second-order valence-corrected chi connectivity index (χ2v) is 9.16. The van der Waals surface area contributed by atoms with Crippen molar-refractivity contribution in [3.8, 4) is 5.75 Å². The van der Waals surface area contributed by atoms with Gasteiger partial charge in [-0.3, -0.25) is 0 Å². The normalized spacial score (nSPS) is 16.1. The Labute approximate surface area is 171 Å². The first-order chi connectivity index (χ1) is 13.4. The minimum atomic E-state index is -3.50. The first-order valence-corrected chi connectivity index (χ1v) is 10.9. The van der Waals surface area contributed by atoms with Crippen LogP contribution in [0.2, 0.25) is 5.02 Å². The molecule has 1 aromatic heterocycles. The molecule has 2 aromatic rings. The molecule has 1 saturated heterocycles. The molecular weight excluding hydrogens is 400 g/mol. The Morgan fingerprint density at radius 3 is 2.57 bits per heavy atom. The fraction of sp³-hybridized carbons (Fsp3) is 0.421. The Kier molecular flexibility index (Phi) is 6.77. The molecule has 28 heavy (non-hydrogen) atoms. The first kappa shape index (κ1) is 20.9. The highest BCUT2D eigenvalue weighted by Crippen LogP contribution is 2.20. The summed E-state index contributed by atoms with van der Waals surface area (Å²) in [5.74, 6) is 1.40. The summed E-state index contributed by atoms with van der Waals surface area (Å²) in [4.78, 5) is 8.59. The molecule has 0 unspecified atom stereocenters. The highest BCUT2D eigenvalue weighted by Gasteiger charge is 2.27. The quantitative estimate of drug-likeness (QED) is 0.678. The van der Waals surface area contributed by atoms with E-state index in [-0.39, 0.29) is 4.90 Å². The average molecular weight is 425 g/mol. The van der Waals surface area contributed by atoms with Gasteiger partial charge in [-0.2, -0.15) is 4.31 Å². The number of likely N-dealkylation sites (N-methyl/N-ethyl adjacent to an activating group) is 2. The molecule has 0 radical (unpaired) electrons. The van der Waals surface area contributed by atoms with E-state index in [9.17, 15) is 8.42 Å². The minimum Gasteiger partial charge on any atom is -0.492 e. The molecule has 0 N–H and O–H groups in total. The SMILES string of the molecule is CN1CCN(S(=O)(=O)c2ccc(N(C)CCOc3cccc(Cl)c3)nc2)CC1. The van der Waals surface area contributed by atoms with Crippen molar-refractivity contribution >= 4 is 27.4 Å². The maximum atomic E-state index is 12.8. The van der Waals surface area contributed by atoms with Crippen LogP contribution in [0, 0.1) is 0 Å². The summed E-state index contributed by atoms with van der Waals surface area (Å²) in [7, 11) is 0.383. The molecule has 152 valence electrons. The smallest absolute Gasteiger partial charge is 0.244 e. The van der Waals surface area contributed by atoms with Crippen LogP contribution in [-0.4, -0.2) is 76.0 Å². The third kappa shape index (κ3) is 5.14. The fourth-order valence-corrected chi connectivity index (χ4v) is 4.45. The summed E-state index contributed by atoms with van der Waals surface area (Å²) in [6.07, 6.45) is 1.43. The van der Waals surface area contributed by atoms with Gasteiger partial charge in [0.15, 0.2) is 0 Å². The van der Waals surface area contributed by atoms with Gasteiger partial charge in [-0.1, -0.05) is 17.7 Å². The van der Waals surface area contributed by atoms with E-state index in [2.05, 4.69) is 9.88 Å². The van der Waals surface area contributed by atoms with Gasteiger partial charge in [-0.25, -0.2) is 13.4 Å². The summed E-state index contributed by atoms with van der Waals surface area (Å²) in [6, 6.07) is 10.6. The number of benzene rings is 1. The number of hydrogen-bond donors (Lipinski definition) is 0. The zero-order valence-electron chi connectivity index (χ0n) is 16.1. The molecule has 1 aliphatic rings. The highest BCUT2D eigenvalue weighted by atomic mass is 35.5. The van der Waals surface area contributed by atoms with Gasteiger partial charge in [0.25, 0.3) is 0 Å². The Morgan fingerprint density at radius 2 is 1.93 bits per heavy atom. The second-order valence-electron chi connectivity index (χ2n) is 6.79. The fourth-order valence-electron chi connectivity index (χ4n) is 2.90. The van der Waals surface area contributed by atoms with Crippen molar-refractivity contribution in [2.24, 2.45) is 0 Å². The average Bonchev–Trinajstić information content (AvgIpc) is 2.68. The molecule has 2 heterocycles. The van der Waals surface area contributed by atoms with Crippen molar-refractivity contribution in [3.63, 3.8) is 0 Å². The lowest BCUT2D eigenvalue weighted by atomic mass is 10.3. The lowest BCUT2D eigenvalue weighted by molar-refractivity contribution is 0.222. The van der Waals surface area contributed by atoms with Crippen LogP contribution in [0.15, 0.2) is 47.5 Å². The maximum absolute atomic E-state index is 12.8. The number of hydrogen-bond acceptors (Lipinski definition) is 6. The standard InChI is InChI=1S/C19H25ClN4O3S/c1-22-8-10-24(11-9-22)28(25,26)18-6-7-19(21-15-18)23(2)12-13-27-17-5-3-4-16(20)14-17/h3-7,14-15H,8-13H2,1-2H3. The summed E-state index contributed by atoms with van der Waals surface area (Å²) >= 11 is 5.94. The molecule has 0 saturated carbocycles. The van der Waals surface area contributed by atoms with Crippen LogP contribution in [0.3, 0.4) is 0 Å². The van der Waals surface area contributed by atoms with Crippen LogP contribution >= 0.6 is 11.6 Å². The molecule has 3 rings (SSSR count). The van der Waals surface area contributed by atoms with Gasteiger partial charge < -0.3 is 14.5 Å². The van der Waals surface area contributed by atoms with E-state index in [1.54, 1.807) is 24.3 Å². The molecule has 1 fully saturated rings. The van der Waals surface area contributed by atoms with E-state index >= 15 is 0 Å². The van der Waals surface area contributed by atoms with Gasteiger partial charge >= 0.3 is 0 Å². The van der Waals surface area contributed by atoms with Crippen molar-refractivity contribution in [1.29, 1.82) is 0 Å². The monoisotopic (exact) mass is 424 g/mol. The molecule has 1 aliphatic heterocycles. The number of sulfonamides is 1. The molecular formula is C19H25ClN4O3S. The van der Waals surface area contributed by atoms with Crippen LogP contribution < -0.4 is 9.64 Å². The van der Waals surface area contributed by atoms with Gasteiger partial charge in [0, 0.05) is 44.4 Å². The van der Waals surface area contributed by atoms with Crippen LogP contribution in [0.5, 0.6) is 5.75 Å². The van der Waals surface area contributed by atoms with Gasteiger partial charge in [0.2, 0.25) is 10.0 Å². The number of aromatic nitrogens is 1. The maximum Gasteiger partial charge on any atom is 0.244 e.